The van der Waals surface area contributed by atoms with Gasteiger partial charge in [0, 0.05) is 17.1 Å². The summed E-state index contributed by atoms with van der Waals surface area (Å²) in [7, 11) is 1.38. The molecule has 19 heavy (non-hydrogen) atoms. The monoisotopic (exact) mass is 263 g/mol. The number of carbonyl (C=O) groups excluding carboxylic acids is 1. The molecule has 1 fully saturated rings. The zero-order valence-electron chi connectivity index (χ0n) is 11.9. The number of rotatable bonds is 3. The van der Waals surface area contributed by atoms with Gasteiger partial charge in [-0.05, 0) is 31.0 Å². The lowest BCUT2D eigenvalue weighted by molar-refractivity contribution is -0.0510. The van der Waals surface area contributed by atoms with Crippen LogP contribution < -0.4 is 5.32 Å². The SMILES string of the molecule is COC(=O)c1cccc(NC2CC(O)C2(C)C)c1C. The molecule has 2 unspecified atom stereocenters. The Morgan fingerprint density at radius 1 is 1.47 bits per heavy atom. The van der Waals surface area contributed by atoms with Gasteiger partial charge in [0.1, 0.15) is 0 Å². The van der Waals surface area contributed by atoms with Gasteiger partial charge in [-0.2, -0.15) is 0 Å². The maximum Gasteiger partial charge on any atom is 0.338 e. The Morgan fingerprint density at radius 3 is 2.68 bits per heavy atom. The van der Waals surface area contributed by atoms with E-state index in [4.69, 9.17) is 4.74 Å². The average molecular weight is 263 g/mol. The van der Waals surface area contributed by atoms with E-state index in [9.17, 15) is 9.90 Å². The van der Waals surface area contributed by atoms with Crippen LogP contribution in [0.4, 0.5) is 5.69 Å². The molecular weight excluding hydrogens is 242 g/mol. The van der Waals surface area contributed by atoms with Crippen molar-refractivity contribution in [1.29, 1.82) is 0 Å². The average Bonchev–Trinajstić information content (AvgIpc) is 2.39. The maximum atomic E-state index is 11.6. The number of hydrogen-bond acceptors (Lipinski definition) is 4. The summed E-state index contributed by atoms with van der Waals surface area (Å²) >= 11 is 0. The second-order valence-corrected chi connectivity index (χ2v) is 5.74. The van der Waals surface area contributed by atoms with Crippen molar-refractivity contribution in [3.63, 3.8) is 0 Å². The Morgan fingerprint density at radius 2 is 2.16 bits per heavy atom. The van der Waals surface area contributed by atoms with Gasteiger partial charge < -0.3 is 15.2 Å². The van der Waals surface area contributed by atoms with E-state index in [1.807, 2.05) is 32.9 Å². The second-order valence-electron chi connectivity index (χ2n) is 5.74. The summed E-state index contributed by atoms with van der Waals surface area (Å²) in [6, 6.07) is 5.76. The number of hydrogen-bond donors (Lipinski definition) is 2. The zero-order chi connectivity index (χ0) is 14.2. The Hall–Kier alpha value is -1.55. The number of methoxy groups -OCH3 is 1. The van der Waals surface area contributed by atoms with E-state index in [1.165, 1.54) is 7.11 Å². The Labute approximate surface area is 113 Å². The van der Waals surface area contributed by atoms with Crippen LogP contribution in [0.15, 0.2) is 18.2 Å². The van der Waals surface area contributed by atoms with E-state index in [0.717, 1.165) is 17.7 Å². The van der Waals surface area contributed by atoms with Crippen LogP contribution >= 0.6 is 0 Å². The molecule has 0 bridgehead atoms. The number of nitrogens with one attached hydrogen (secondary N) is 1. The fourth-order valence-corrected chi connectivity index (χ4v) is 2.46. The van der Waals surface area contributed by atoms with Gasteiger partial charge in [0.05, 0.1) is 18.8 Å². The van der Waals surface area contributed by atoms with Crippen LogP contribution in [0.1, 0.15) is 36.2 Å². The first-order valence-corrected chi connectivity index (χ1v) is 6.50. The van der Waals surface area contributed by atoms with Crippen molar-refractivity contribution < 1.29 is 14.6 Å². The van der Waals surface area contributed by atoms with Crippen molar-refractivity contribution in [2.24, 2.45) is 5.41 Å². The highest BCUT2D eigenvalue weighted by atomic mass is 16.5. The van der Waals surface area contributed by atoms with Crippen LogP contribution in [0, 0.1) is 12.3 Å². The number of benzene rings is 1. The molecule has 4 heteroatoms. The third kappa shape index (κ3) is 2.32. The molecule has 104 valence electrons. The van der Waals surface area contributed by atoms with Crippen molar-refractivity contribution >= 4 is 11.7 Å². The predicted molar refractivity (Wildman–Crippen MR) is 74.3 cm³/mol. The molecule has 0 heterocycles. The van der Waals surface area contributed by atoms with Crippen LogP contribution in [0.3, 0.4) is 0 Å². The number of esters is 1. The molecule has 0 aromatic heterocycles. The summed E-state index contributed by atoms with van der Waals surface area (Å²) in [4.78, 5) is 11.6. The normalized spacial score (nSPS) is 24.5. The Bertz CT molecular complexity index is 496. The molecule has 4 nitrogen and oxygen atoms in total. The zero-order valence-corrected chi connectivity index (χ0v) is 11.9. The van der Waals surface area contributed by atoms with E-state index < -0.39 is 0 Å². The topological polar surface area (TPSA) is 58.6 Å². The Kier molecular flexibility index (Phi) is 3.54. The van der Waals surface area contributed by atoms with Crippen molar-refractivity contribution in [1.82, 2.24) is 0 Å². The summed E-state index contributed by atoms with van der Waals surface area (Å²) in [5.74, 6) is -0.325. The van der Waals surface area contributed by atoms with Gasteiger partial charge in [0.2, 0.25) is 0 Å². The number of carbonyl (C=O) groups is 1. The Balaban J connectivity index is 2.21. The van der Waals surface area contributed by atoms with Gasteiger partial charge in [-0.25, -0.2) is 4.79 Å². The van der Waals surface area contributed by atoms with Crippen molar-refractivity contribution in [3.05, 3.63) is 29.3 Å². The van der Waals surface area contributed by atoms with Gasteiger partial charge in [-0.1, -0.05) is 19.9 Å². The highest BCUT2D eigenvalue weighted by Crippen LogP contribution is 2.42. The molecule has 2 atom stereocenters. The van der Waals surface area contributed by atoms with Crippen molar-refractivity contribution in [3.8, 4) is 0 Å². The summed E-state index contributed by atoms with van der Waals surface area (Å²) in [6.45, 7) is 5.98. The standard InChI is InChI=1S/C15H21NO3/c1-9-10(14(18)19-4)6-5-7-11(9)16-12-8-13(17)15(12,2)3/h5-7,12-13,16-17H,8H2,1-4H3. The van der Waals surface area contributed by atoms with Gasteiger partial charge in [-0.15, -0.1) is 0 Å². The summed E-state index contributed by atoms with van der Waals surface area (Å²) in [6.07, 6.45) is 0.462. The summed E-state index contributed by atoms with van der Waals surface area (Å²) < 4.78 is 4.77. The molecule has 0 aliphatic heterocycles. The first-order valence-electron chi connectivity index (χ1n) is 6.50. The molecule has 0 spiro atoms. The molecule has 0 saturated heterocycles. The second kappa shape index (κ2) is 4.85. The molecule has 1 aliphatic carbocycles. The molecule has 2 N–H and O–H groups in total. The maximum absolute atomic E-state index is 11.6. The minimum Gasteiger partial charge on any atom is -0.465 e. The molecular formula is C15H21NO3. The minimum atomic E-state index is -0.325. The fraction of sp³-hybridized carbons (Fsp3) is 0.533. The minimum absolute atomic E-state index is 0.145. The molecule has 1 aliphatic rings. The molecule has 2 rings (SSSR count). The highest BCUT2D eigenvalue weighted by Gasteiger charge is 2.47. The van der Waals surface area contributed by atoms with Crippen molar-refractivity contribution in [2.45, 2.75) is 39.3 Å². The quantitative estimate of drug-likeness (QED) is 0.822. The van der Waals surface area contributed by atoms with Crippen LogP contribution in [0.25, 0.3) is 0 Å². The van der Waals surface area contributed by atoms with Gasteiger partial charge in [0.15, 0.2) is 0 Å². The van der Waals surface area contributed by atoms with E-state index in [1.54, 1.807) is 6.07 Å². The molecule has 0 amide bonds. The number of anilines is 1. The summed E-state index contributed by atoms with van der Waals surface area (Å²) in [5.41, 5.74) is 2.23. The fourth-order valence-electron chi connectivity index (χ4n) is 2.46. The molecule has 1 aromatic carbocycles. The van der Waals surface area contributed by atoms with E-state index in [2.05, 4.69) is 5.32 Å². The van der Waals surface area contributed by atoms with Crippen LogP contribution in [0.2, 0.25) is 0 Å². The van der Waals surface area contributed by atoms with Gasteiger partial charge in [0.25, 0.3) is 0 Å². The van der Waals surface area contributed by atoms with Gasteiger partial charge in [-0.3, -0.25) is 0 Å². The van der Waals surface area contributed by atoms with E-state index >= 15 is 0 Å². The van der Waals surface area contributed by atoms with E-state index in [0.29, 0.717) is 5.56 Å². The first-order chi connectivity index (χ1) is 8.87. The van der Waals surface area contributed by atoms with Crippen LogP contribution in [-0.2, 0) is 4.74 Å². The lowest BCUT2D eigenvalue weighted by atomic mass is 9.64. The first kappa shape index (κ1) is 13.9. The largest absolute Gasteiger partial charge is 0.465 e. The number of ether oxygens (including phenoxy) is 1. The van der Waals surface area contributed by atoms with E-state index in [-0.39, 0.29) is 23.5 Å². The molecule has 1 aromatic rings. The third-order valence-electron chi connectivity index (χ3n) is 4.28. The number of aliphatic hydroxyl groups excluding tert-OH is 1. The molecule has 0 radical (unpaired) electrons. The lowest BCUT2D eigenvalue weighted by Gasteiger charge is -2.50. The molecule has 1 saturated carbocycles. The predicted octanol–water partition coefficient (Wildman–Crippen LogP) is 2.35. The van der Waals surface area contributed by atoms with Crippen LogP contribution in [-0.4, -0.2) is 30.3 Å². The van der Waals surface area contributed by atoms with Crippen LogP contribution in [0.5, 0.6) is 0 Å². The third-order valence-corrected chi connectivity index (χ3v) is 4.28. The van der Waals surface area contributed by atoms with Gasteiger partial charge >= 0.3 is 5.97 Å². The smallest absolute Gasteiger partial charge is 0.338 e. The lowest BCUT2D eigenvalue weighted by Crippen LogP contribution is -2.57. The van der Waals surface area contributed by atoms with Crippen molar-refractivity contribution in [2.75, 3.05) is 12.4 Å². The highest BCUT2D eigenvalue weighted by molar-refractivity contribution is 5.92. The summed E-state index contributed by atoms with van der Waals surface area (Å²) in [5, 5.41) is 13.2. The number of aliphatic hydroxyl groups is 1.